The number of ether oxygens (including phenoxy) is 2. The van der Waals surface area contributed by atoms with E-state index in [9.17, 15) is 10.1 Å². The average Bonchev–Trinajstić information content (AvgIpc) is 2.61. The molecule has 3 rings (SSSR count). The topological polar surface area (TPSA) is 80.4 Å². The standard InChI is InChI=1S/C15H20N4O4/c20-19(21)14-3-1-13(2-4-14)16-15(17-5-9-22-10-6-17)18-7-11-23-12-8-18/h1-4H,5-12H2. The quantitative estimate of drug-likeness (QED) is 0.353. The van der Waals surface area contributed by atoms with Crippen molar-refractivity contribution >= 4 is 17.3 Å². The highest BCUT2D eigenvalue weighted by Gasteiger charge is 2.23. The summed E-state index contributed by atoms with van der Waals surface area (Å²) >= 11 is 0. The minimum atomic E-state index is -0.404. The number of non-ortho nitro benzene ring substituents is 1. The summed E-state index contributed by atoms with van der Waals surface area (Å²) in [6.45, 7) is 5.92. The van der Waals surface area contributed by atoms with Crippen LogP contribution in [0.3, 0.4) is 0 Å². The highest BCUT2D eigenvalue weighted by atomic mass is 16.6. The van der Waals surface area contributed by atoms with Crippen LogP contribution in [-0.2, 0) is 9.47 Å². The number of morpholine rings is 2. The Labute approximate surface area is 134 Å². The number of benzene rings is 1. The number of hydrogen-bond acceptors (Lipinski definition) is 5. The molecule has 0 amide bonds. The zero-order chi connectivity index (χ0) is 16.1. The van der Waals surface area contributed by atoms with E-state index in [0.717, 1.165) is 32.1 Å². The van der Waals surface area contributed by atoms with Gasteiger partial charge in [0.1, 0.15) is 0 Å². The van der Waals surface area contributed by atoms with Crippen molar-refractivity contribution in [3.05, 3.63) is 34.4 Å². The van der Waals surface area contributed by atoms with Crippen molar-refractivity contribution in [3.63, 3.8) is 0 Å². The number of nitro groups is 1. The molecular formula is C15H20N4O4. The van der Waals surface area contributed by atoms with E-state index in [-0.39, 0.29) is 5.69 Å². The summed E-state index contributed by atoms with van der Waals surface area (Å²) in [5, 5.41) is 10.8. The summed E-state index contributed by atoms with van der Waals surface area (Å²) in [4.78, 5) is 19.5. The van der Waals surface area contributed by atoms with Crippen LogP contribution in [-0.4, -0.2) is 73.3 Å². The molecule has 0 unspecified atom stereocenters. The number of nitro benzene ring substituents is 1. The summed E-state index contributed by atoms with van der Waals surface area (Å²) in [7, 11) is 0. The van der Waals surface area contributed by atoms with Gasteiger partial charge in [-0.3, -0.25) is 10.1 Å². The Bertz CT molecular complexity index is 543. The summed E-state index contributed by atoms with van der Waals surface area (Å²) in [6.07, 6.45) is 0. The second kappa shape index (κ2) is 7.38. The average molecular weight is 320 g/mol. The van der Waals surface area contributed by atoms with E-state index < -0.39 is 4.92 Å². The molecule has 2 heterocycles. The first-order chi connectivity index (χ1) is 11.2. The van der Waals surface area contributed by atoms with Crippen LogP contribution in [0, 0.1) is 10.1 Å². The summed E-state index contributed by atoms with van der Waals surface area (Å²) in [6, 6.07) is 6.32. The van der Waals surface area contributed by atoms with Gasteiger partial charge in [0.15, 0.2) is 0 Å². The van der Waals surface area contributed by atoms with Gasteiger partial charge in [0.25, 0.3) is 5.69 Å². The van der Waals surface area contributed by atoms with Crippen molar-refractivity contribution in [3.8, 4) is 0 Å². The van der Waals surface area contributed by atoms with Crippen LogP contribution in [0.4, 0.5) is 11.4 Å². The maximum Gasteiger partial charge on any atom is 0.269 e. The fourth-order valence-corrected chi connectivity index (χ4v) is 2.63. The minimum Gasteiger partial charge on any atom is -0.378 e. The fourth-order valence-electron chi connectivity index (χ4n) is 2.63. The Hall–Kier alpha value is -2.19. The molecule has 0 aromatic heterocycles. The maximum absolute atomic E-state index is 10.8. The van der Waals surface area contributed by atoms with Crippen LogP contribution in [0.15, 0.2) is 29.3 Å². The molecule has 124 valence electrons. The van der Waals surface area contributed by atoms with Gasteiger partial charge >= 0.3 is 0 Å². The molecule has 2 aliphatic heterocycles. The molecule has 0 N–H and O–H groups in total. The number of aliphatic imine (C=N–C) groups is 1. The van der Waals surface area contributed by atoms with Gasteiger partial charge in [-0.1, -0.05) is 0 Å². The van der Waals surface area contributed by atoms with E-state index in [1.807, 2.05) is 0 Å². The summed E-state index contributed by atoms with van der Waals surface area (Å²) < 4.78 is 10.8. The van der Waals surface area contributed by atoms with Crippen LogP contribution >= 0.6 is 0 Å². The Morgan fingerprint density at radius 3 is 1.87 bits per heavy atom. The molecule has 23 heavy (non-hydrogen) atoms. The summed E-state index contributed by atoms with van der Waals surface area (Å²) in [5.41, 5.74) is 0.784. The monoisotopic (exact) mass is 320 g/mol. The lowest BCUT2D eigenvalue weighted by Gasteiger charge is -2.38. The number of nitrogens with zero attached hydrogens (tertiary/aromatic N) is 4. The Kier molecular flexibility index (Phi) is 5.04. The van der Waals surface area contributed by atoms with Gasteiger partial charge in [-0.2, -0.15) is 0 Å². The lowest BCUT2D eigenvalue weighted by molar-refractivity contribution is -0.384. The highest BCUT2D eigenvalue weighted by Crippen LogP contribution is 2.20. The molecule has 0 radical (unpaired) electrons. The first kappa shape index (κ1) is 15.7. The van der Waals surface area contributed by atoms with Gasteiger partial charge in [-0.25, -0.2) is 4.99 Å². The number of guanidine groups is 1. The predicted molar refractivity (Wildman–Crippen MR) is 85.0 cm³/mol. The lowest BCUT2D eigenvalue weighted by atomic mass is 10.3. The number of hydrogen-bond donors (Lipinski definition) is 0. The molecule has 2 saturated heterocycles. The number of rotatable bonds is 2. The molecule has 0 atom stereocenters. The van der Waals surface area contributed by atoms with Crippen LogP contribution in [0.2, 0.25) is 0 Å². The molecule has 8 heteroatoms. The predicted octanol–water partition coefficient (Wildman–Crippen LogP) is 1.25. The third kappa shape index (κ3) is 3.96. The molecule has 2 fully saturated rings. The van der Waals surface area contributed by atoms with Gasteiger partial charge in [-0.15, -0.1) is 0 Å². The third-order valence-corrected chi connectivity index (χ3v) is 3.88. The zero-order valence-electron chi connectivity index (χ0n) is 12.9. The van der Waals surface area contributed by atoms with Crippen molar-refractivity contribution in [2.24, 2.45) is 4.99 Å². The molecule has 1 aromatic carbocycles. The lowest BCUT2D eigenvalue weighted by Crippen LogP contribution is -2.52. The molecule has 2 aliphatic rings. The molecular weight excluding hydrogens is 300 g/mol. The largest absolute Gasteiger partial charge is 0.378 e. The molecule has 0 saturated carbocycles. The van der Waals surface area contributed by atoms with Crippen molar-refractivity contribution < 1.29 is 14.4 Å². The van der Waals surface area contributed by atoms with Gasteiger partial charge in [0.2, 0.25) is 5.96 Å². The minimum absolute atomic E-state index is 0.0724. The van der Waals surface area contributed by atoms with Crippen molar-refractivity contribution in [1.82, 2.24) is 9.80 Å². The van der Waals surface area contributed by atoms with Crippen molar-refractivity contribution in [1.29, 1.82) is 0 Å². The summed E-state index contributed by atoms with van der Waals surface area (Å²) in [5.74, 6) is 0.894. The molecule has 0 bridgehead atoms. The van der Waals surface area contributed by atoms with E-state index in [0.29, 0.717) is 32.1 Å². The van der Waals surface area contributed by atoms with Crippen LogP contribution < -0.4 is 0 Å². The van der Waals surface area contributed by atoms with E-state index in [4.69, 9.17) is 14.5 Å². The Morgan fingerprint density at radius 1 is 0.957 bits per heavy atom. The van der Waals surface area contributed by atoms with Gasteiger partial charge in [0, 0.05) is 38.3 Å². The SMILES string of the molecule is O=[N+]([O-])c1ccc(N=C(N2CCOCC2)N2CCOCC2)cc1. The van der Waals surface area contributed by atoms with Gasteiger partial charge in [0.05, 0.1) is 37.0 Å². The zero-order valence-corrected chi connectivity index (χ0v) is 12.9. The van der Waals surface area contributed by atoms with Gasteiger partial charge in [-0.05, 0) is 12.1 Å². The van der Waals surface area contributed by atoms with Crippen LogP contribution in [0.25, 0.3) is 0 Å². The molecule has 0 spiro atoms. The van der Waals surface area contributed by atoms with E-state index in [1.54, 1.807) is 12.1 Å². The third-order valence-electron chi connectivity index (χ3n) is 3.88. The molecule has 8 nitrogen and oxygen atoms in total. The normalized spacial score (nSPS) is 18.6. The van der Waals surface area contributed by atoms with Crippen molar-refractivity contribution in [2.75, 3.05) is 52.6 Å². The first-order valence-corrected chi connectivity index (χ1v) is 7.72. The van der Waals surface area contributed by atoms with Crippen molar-refractivity contribution in [2.45, 2.75) is 0 Å². The van der Waals surface area contributed by atoms with Crippen LogP contribution in [0.5, 0.6) is 0 Å². The highest BCUT2D eigenvalue weighted by molar-refractivity contribution is 5.83. The van der Waals surface area contributed by atoms with E-state index >= 15 is 0 Å². The fraction of sp³-hybridized carbons (Fsp3) is 0.533. The molecule has 0 aliphatic carbocycles. The Morgan fingerprint density at radius 2 is 1.43 bits per heavy atom. The Balaban J connectivity index is 1.84. The van der Waals surface area contributed by atoms with Gasteiger partial charge < -0.3 is 19.3 Å². The maximum atomic E-state index is 10.8. The van der Waals surface area contributed by atoms with Crippen LogP contribution in [0.1, 0.15) is 0 Å². The second-order valence-corrected chi connectivity index (χ2v) is 5.38. The smallest absolute Gasteiger partial charge is 0.269 e. The molecule has 1 aromatic rings. The van der Waals surface area contributed by atoms with E-state index in [2.05, 4.69) is 9.80 Å². The van der Waals surface area contributed by atoms with E-state index in [1.165, 1.54) is 12.1 Å². The second-order valence-electron chi connectivity index (χ2n) is 5.38. The first-order valence-electron chi connectivity index (χ1n) is 7.72.